The highest BCUT2D eigenvalue weighted by Gasteiger charge is 2.24. The fourth-order valence-corrected chi connectivity index (χ4v) is 3.68. The van der Waals surface area contributed by atoms with Crippen LogP contribution in [0.1, 0.15) is 27.5 Å². The van der Waals surface area contributed by atoms with E-state index in [1.165, 1.54) is 19.2 Å². The molecule has 0 saturated heterocycles. The van der Waals surface area contributed by atoms with Gasteiger partial charge in [-0.25, -0.2) is 0 Å². The maximum Gasteiger partial charge on any atom is 0.269 e. The summed E-state index contributed by atoms with van der Waals surface area (Å²) in [6, 6.07) is 22.6. The van der Waals surface area contributed by atoms with E-state index in [1.54, 1.807) is 48.5 Å². The van der Waals surface area contributed by atoms with E-state index in [2.05, 4.69) is 5.32 Å². The predicted molar refractivity (Wildman–Crippen MR) is 121 cm³/mol. The minimum absolute atomic E-state index is 0.0183. The number of ether oxygens (including phenoxy) is 1. The first-order valence-corrected chi connectivity index (χ1v) is 9.88. The second-order valence-corrected chi connectivity index (χ2v) is 7.21. The molecule has 32 heavy (non-hydrogen) atoms. The topological polar surface area (TPSA) is 102 Å². The van der Waals surface area contributed by atoms with Crippen molar-refractivity contribution in [3.8, 4) is 11.5 Å². The molecule has 0 spiro atoms. The number of rotatable bonds is 6. The van der Waals surface area contributed by atoms with E-state index in [-0.39, 0.29) is 11.4 Å². The number of amides is 1. The van der Waals surface area contributed by atoms with Gasteiger partial charge < -0.3 is 15.2 Å². The third-order valence-corrected chi connectivity index (χ3v) is 5.28. The Morgan fingerprint density at radius 2 is 1.75 bits per heavy atom. The quantitative estimate of drug-likeness (QED) is 0.333. The molecule has 4 rings (SSSR count). The molecule has 0 saturated carbocycles. The number of nitrogens with one attached hydrogen (secondary N) is 1. The molecule has 0 aliphatic heterocycles. The van der Waals surface area contributed by atoms with Gasteiger partial charge in [0.2, 0.25) is 0 Å². The Hall–Kier alpha value is -4.39. The first-order valence-electron chi connectivity index (χ1n) is 9.88. The zero-order valence-electron chi connectivity index (χ0n) is 17.2. The molecule has 0 heterocycles. The lowest BCUT2D eigenvalue weighted by molar-refractivity contribution is -0.384. The first kappa shape index (κ1) is 20.9. The van der Waals surface area contributed by atoms with Gasteiger partial charge in [0.15, 0.2) is 0 Å². The zero-order valence-corrected chi connectivity index (χ0v) is 17.2. The second-order valence-electron chi connectivity index (χ2n) is 7.21. The van der Waals surface area contributed by atoms with Crippen LogP contribution in [0.3, 0.4) is 0 Å². The van der Waals surface area contributed by atoms with Gasteiger partial charge in [-0.1, -0.05) is 42.5 Å². The summed E-state index contributed by atoms with van der Waals surface area (Å²) in [5.74, 6) is 0.204. The molecule has 4 aromatic rings. The van der Waals surface area contributed by atoms with Crippen LogP contribution in [0.5, 0.6) is 11.5 Å². The molecule has 7 nitrogen and oxygen atoms in total. The lowest BCUT2D eigenvalue weighted by Gasteiger charge is -2.22. The Kier molecular flexibility index (Phi) is 5.72. The summed E-state index contributed by atoms with van der Waals surface area (Å²) < 4.78 is 5.14. The Balaban J connectivity index is 1.84. The molecule has 1 atom stereocenters. The molecule has 0 fully saturated rings. The number of methoxy groups -OCH3 is 1. The van der Waals surface area contributed by atoms with Crippen molar-refractivity contribution in [2.24, 2.45) is 0 Å². The highest BCUT2D eigenvalue weighted by Crippen LogP contribution is 2.37. The van der Waals surface area contributed by atoms with Crippen molar-refractivity contribution in [1.29, 1.82) is 0 Å². The highest BCUT2D eigenvalue weighted by atomic mass is 16.6. The number of phenolic OH excluding ortho intramolecular Hbond substituents is 1. The molecule has 0 bridgehead atoms. The molecule has 7 heteroatoms. The molecule has 0 aliphatic carbocycles. The van der Waals surface area contributed by atoms with Crippen molar-refractivity contribution in [3.63, 3.8) is 0 Å². The Labute approximate surface area is 184 Å². The predicted octanol–water partition coefficient (Wildman–Crippen LogP) is 4.98. The molecule has 4 aromatic carbocycles. The van der Waals surface area contributed by atoms with Gasteiger partial charge in [-0.15, -0.1) is 0 Å². The maximum atomic E-state index is 13.1. The van der Waals surface area contributed by atoms with Crippen molar-refractivity contribution in [2.75, 3.05) is 7.11 Å². The number of hydrogen-bond donors (Lipinski definition) is 2. The molecular weight excluding hydrogens is 408 g/mol. The SMILES string of the molecule is COc1ccc(C(=O)N[C@H](c2cccc([N+](=O)[O-])c2)c2c(O)ccc3ccccc23)cc1. The Bertz CT molecular complexity index is 1300. The monoisotopic (exact) mass is 428 g/mol. The molecule has 2 N–H and O–H groups in total. The standard InChI is InChI=1S/C25H20N2O5/c1-32-20-12-9-17(10-13-20)25(29)26-24(18-6-4-7-19(15-18)27(30)31)23-21-8-3-2-5-16(21)11-14-22(23)28/h2-15,24,28H,1H3,(H,26,29)/t24-/m1/s1. The van der Waals surface area contributed by atoms with E-state index in [9.17, 15) is 20.0 Å². The second kappa shape index (κ2) is 8.77. The van der Waals surface area contributed by atoms with Gasteiger partial charge in [-0.3, -0.25) is 14.9 Å². The van der Waals surface area contributed by atoms with Crippen molar-refractivity contribution in [1.82, 2.24) is 5.32 Å². The van der Waals surface area contributed by atoms with Crippen molar-refractivity contribution in [3.05, 3.63) is 112 Å². The van der Waals surface area contributed by atoms with Crippen LogP contribution in [0.25, 0.3) is 10.8 Å². The minimum Gasteiger partial charge on any atom is -0.508 e. The summed E-state index contributed by atoms with van der Waals surface area (Å²) in [4.78, 5) is 24.0. The summed E-state index contributed by atoms with van der Waals surface area (Å²) in [5.41, 5.74) is 1.23. The summed E-state index contributed by atoms with van der Waals surface area (Å²) in [6.07, 6.45) is 0. The van der Waals surface area contributed by atoms with Crippen molar-refractivity contribution < 1.29 is 19.6 Å². The number of non-ortho nitro benzene ring substituents is 1. The lowest BCUT2D eigenvalue weighted by Crippen LogP contribution is -2.29. The number of fused-ring (bicyclic) bond motifs is 1. The van der Waals surface area contributed by atoms with Crippen LogP contribution in [-0.4, -0.2) is 23.0 Å². The van der Waals surface area contributed by atoms with Gasteiger partial charge in [0.05, 0.1) is 18.1 Å². The number of aromatic hydroxyl groups is 1. The van der Waals surface area contributed by atoms with Crippen LogP contribution in [-0.2, 0) is 0 Å². The average Bonchev–Trinajstić information content (AvgIpc) is 2.83. The normalized spacial score (nSPS) is 11.7. The number of carbonyl (C=O) groups is 1. The number of phenols is 1. The van der Waals surface area contributed by atoms with Crippen LogP contribution in [0.15, 0.2) is 84.9 Å². The number of nitro groups is 1. The third kappa shape index (κ3) is 4.09. The third-order valence-electron chi connectivity index (χ3n) is 5.28. The minimum atomic E-state index is -0.824. The Morgan fingerprint density at radius 3 is 2.47 bits per heavy atom. The summed E-state index contributed by atoms with van der Waals surface area (Å²) in [5, 5.41) is 26.7. The molecular formula is C25H20N2O5. The van der Waals surface area contributed by atoms with Crippen LogP contribution in [0, 0.1) is 10.1 Å². The van der Waals surface area contributed by atoms with Gasteiger partial charge in [-0.2, -0.15) is 0 Å². The van der Waals surface area contributed by atoms with Gasteiger partial charge >= 0.3 is 0 Å². The molecule has 160 valence electrons. The number of hydrogen-bond acceptors (Lipinski definition) is 5. The van der Waals surface area contributed by atoms with E-state index in [0.29, 0.717) is 22.4 Å². The van der Waals surface area contributed by atoms with E-state index >= 15 is 0 Å². The van der Waals surface area contributed by atoms with Gasteiger partial charge in [0, 0.05) is 23.3 Å². The summed E-state index contributed by atoms with van der Waals surface area (Å²) >= 11 is 0. The maximum absolute atomic E-state index is 13.1. The van der Waals surface area contributed by atoms with E-state index < -0.39 is 16.9 Å². The van der Waals surface area contributed by atoms with Crippen molar-refractivity contribution in [2.45, 2.75) is 6.04 Å². The average molecular weight is 428 g/mol. The van der Waals surface area contributed by atoms with Crippen LogP contribution in [0.2, 0.25) is 0 Å². The smallest absolute Gasteiger partial charge is 0.269 e. The molecule has 1 amide bonds. The van der Waals surface area contributed by atoms with Gasteiger partial charge in [-0.05, 0) is 46.7 Å². The number of benzene rings is 4. The number of nitrogens with zero attached hydrogens (tertiary/aromatic N) is 1. The van der Waals surface area contributed by atoms with E-state index in [1.807, 2.05) is 24.3 Å². The van der Waals surface area contributed by atoms with E-state index in [0.717, 1.165) is 10.8 Å². The number of carbonyl (C=O) groups excluding carboxylic acids is 1. The number of nitro benzene ring substituents is 1. The van der Waals surface area contributed by atoms with Gasteiger partial charge in [0.1, 0.15) is 11.5 Å². The fraction of sp³-hybridized carbons (Fsp3) is 0.0800. The first-order chi connectivity index (χ1) is 15.5. The van der Waals surface area contributed by atoms with Crippen LogP contribution >= 0.6 is 0 Å². The summed E-state index contributed by atoms with van der Waals surface area (Å²) in [7, 11) is 1.54. The lowest BCUT2D eigenvalue weighted by atomic mass is 9.92. The van der Waals surface area contributed by atoms with Crippen molar-refractivity contribution >= 4 is 22.4 Å². The zero-order chi connectivity index (χ0) is 22.7. The highest BCUT2D eigenvalue weighted by molar-refractivity contribution is 5.96. The van der Waals surface area contributed by atoms with Crippen LogP contribution in [0.4, 0.5) is 5.69 Å². The molecule has 0 aromatic heterocycles. The Morgan fingerprint density at radius 1 is 1.00 bits per heavy atom. The molecule has 0 radical (unpaired) electrons. The van der Waals surface area contributed by atoms with Crippen LogP contribution < -0.4 is 10.1 Å². The van der Waals surface area contributed by atoms with Gasteiger partial charge in [0.25, 0.3) is 11.6 Å². The molecule has 0 unspecified atom stereocenters. The largest absolute Gasteiger partial charge is 0.508 e. The van der Waals surface area contributed by atoms with E-state index in [4.69, 9.17) is 4.74 Å². The fourth-order valence-electron chi connectivity index (χ4n) is 3.68. The summed E-state index contributed by atoms with van der Waals surface area (Å²) in [6.45, 7) is 0. The molecule has 0 aliphatic rings.